The molecule has 5 nitrogen and oxygen atoms in total. The molecular weight excluding hydrogens is 290 g/mol. The summed E-state index contributed by atoms with van der Waals surface area (Å²) in [6.45, 7) is 8.62. The lowest BCUT2D eigenvalue weighted by molar-refractivity contribution is 0.0511. The number of ether oxygens (including phenoxy) is 1. The van der Waals surface area contributed by atoms with Crippen LogP contribution in [0.1, 0.15) is 38.7 Å². The first-order valence-corrected chi connectivity index (χ1v) is 8.35. The molecule has 1 saturated heterocycles. The van der Waals surface area contributed by atoms with Crippen molar-refractivity contribution in [2.75, 3.05) is 26.2 Å². The first-order chi connectivity index (χ1) is 10.9. The van der Waals surface area contributed by atoms with Crippen molar-refractivity contribution < 1.29 is 9.53 Å². The van der Waals surface area contributed by atoms with Gasteiger partial charge in [-0.3, -0.25) is 4.90 Å². The summed E-state index contributed by atoms with van der Waals surface area (Å²) in [7, 11) is 0. The Morgan fingerprint density at radius 2 is 2.09 bits per heavy atom. The molecule has 0 spiro atoms. The summed E-state index contributed by atoms with van der Waals surface area (Å²) in [5.74, 6) is 0.548. The number of nitrogens with one attached hydrogen (secondary N) is 1. The van der Waals surface area contributed by atoms with Crippen molar-refractivity contribution in [3.63, 3.8) is 0 Å². The second-order valence-electron chi connectivity index (χ2n) is 7.16. The van der Waals surface area contributed by atoms with Crippen LogP contribution in [-0.4, -0.2) is 48.8 Å². The largest absolute Gasteiger partial charge is 0.444 e. The summed E-state index contributed by atoms with van der Waals surface area (Å²) in [6, 6.07) is 10.7. The third-order valence-corrected chi connectivity index (χ3v) is 4.16. The quantitative estimate of drug-likeness (QED) is 0.874. The molecule has 128 valence electrons. The Labute approximate surface area is 139 Å². The highest BCUT2D eigenvalue weighted by Gasteiger charge is 2.29. The third kappa shape index (κ3) is 5.52. The van der Waals surface area contributed by atoms with Crippen LogP contribution < -0.4 is 11.1 Å². The van der Waals surface area contributed by atoms with Crippen LogP contribution in [0.2, 0.25) is 0 Å². The molecule has 0 aliphatic carbocycles. The maximum Gasteiger partial charge on any atom is 0.407 e. The van der Waals surface area contributed by atoms with Gasteiger partial charge in [0.25, 0.3) is 0 Å². The molecule has 0 radical (unpaired) electrons. The summed E-state index contributed by atoms with van der Waals surface area (Å²) in [5.41, 5.74) is 6.82. The summed E-state index contributed by atoms with van der Waals surface area (Å²) in [6.07, 6.45) is 0.752. The third-order valence-electron chi connectivity index (χ3n) is 4.16. The molecule has 0 bridgehead atoms. The number of alkyl carbamates (subject to hydrolysis) is 1. The maximum absolute atomic E-state index is 11.8. The van der Waals surface area contributed by atoms with Gasteiger partial charge in [-0.1, -0.05) is 30.3 Å². The zero-order chi connectivity index (χ0) is 16.9. The lowest BCUT2D eigenvalue weighted by Crippen LogP contribution is -2.47. The van der Waals surface area contributed by atoms with Gasteiger partial charge in [0.2, 0.25) is 0 Å². The molecule has 2 unspecified atom stereocenters. The van der Waals surface area contributed by atoms with Gasteiger partial charge in [-0.2, -0.15) is 0 Å². The molecule has 1 aliphatic rings. The second-order valence-corrected chi connectivity index (χ2v) is 7.16. The fourth-order valence-corrected chi connectivity index (χ4v) is 2.99. The Kier molecular flexibility index (Phi) is 6.02. The Hall–Kier alpha value is -1.59. The minimum Gasteiger partial charge on any atom is -0.444 e. The van der Waals surface area contributed by atoms with Gasteiger partial charge in [-0.25, -0.2) is 4.79 Å². The number of hydrogen-bond acceptors (Lipinski definition) is 4. The molecule has 3 N–H and O–H groups in total. The van der Waals surface area contributed by atoms with E-state index in [9.17, 15) is 4.79 Å². The summed E-state index contributed by atoms with van der Waals surface area (Å²) in [4.78, 5) is 14.2. The molecule has 1 heterocycles. The number of rotatable bonds is 5. The highest BCUT2D eigenvalue weighted by molar-refractivity contribution is 5.67. The maximum atomic E-state index is 11.8. The molecule has 0 aromatic heterocycles. The lowest BCUT2D eigenvalue weighted by atomic mass is 9.99. The number of likely N-dealkylation sites (tertiary alicyclic amines) is 1. The van der Waals surface area contributed by atoms with Crippen molar-refractivity contribution in [2.24, 2.45) is 5.73 Å². The summed E-state index contributed by atoms with van der Waals surface area (Å²) >= 11 is 0. The zero-order valence-corrected chi connectivity index (χ0v) is 14.4. The van der Waals surface area contributed by atoms with E-state index in [1.165, 1.54) is 5.56 Å². The van der Waals surface area contributed by atoms with Crippen LogP contribution in [0, 0.1) is 0 Å². The fourth-order valence-electron chi connectivity index (χ4n) is 2.99. The van der Waals surface area contributed by atoms with Crippen molar-refractivity contribution in [2.45, 2.75) is 44.8 Å². The number of amides is 1. The molecule has 1 aromatic rings. The van der Waals surface area contributed by atoms with E-state index < -0.39 is 5.60 Å². The van der Waals surface area contributed by atoms with E-state index in [1.807, 2.05) is 26.8 Å². The van der Waals surface area contributed by atoms with E-state index in [2.05, 4.69) is 34.5 Å². The Morgan fingerprint density at radius 1 is 1.39 bits per heavy atom. The topological polar surface area (TPSA) is 67.6 Å². The van der Waals surface area contributed by atoms with Crippen molar-refractivity contribution in [3.8, 4) is 0 Å². The summed E-state index contributed by atoms with van der Waals surface area (Å²) in [5, 5.41) is 2.84. The van der Waals surface area contributed by atoms with E-state index in [0.29, 0.717) is 19.0 Å². The Bertz CT molecular complexity index is 499. The van der Waals surface area contributed by atoms with E-state index in [4.69, 9.17) is 10.5 Å². The van der Waals surface area contributed by atoms with Gasteiger partial charge in [-0.05, 0) is 45.2 Å². The van der Waals surface area contributed by atoms with Crippen LogP contribution in [0.3, 0.4) is 0 Å². The average molecular weight is 319 g/mol. The Balaban J connectivity index is 1.84. The number of benzene rings is 1. The Morgan fingerprint density at radius 3 is 2.70 bits per heavy atom. The van der Waals surface area contributed by atoms with Crippen LogP contribution in [0.5, 0.6) is 0 Å². The van der Waals surface area contributed by atoms with Gasteiger partial charge in [0.05, 0.1) is 0 Å². The van der Waals surface area contributed by atoms with E-state index in [0.717, 1.165) is 19.5 Å². The van der Waals surface area contributed by atoms with Crippen LogP contribution in [-0.2, 0) is 4.74 Å². The van der Waals surface area contributed by atoms with Crippen LogP contribution in [0.15, 0.2) is 30.3 Å². The molecule has 2 atom stereocenters. The van der Waals surface area contributed by atoms with Gasteiger partial charge in [-0.15, -0.1) is 0 Å². The van der Waals surface area contributed by atoms with Gasteiger partial charge >= 0.3 is 6.09 Å². The molecule has 1 aliphatic heterocycles. The molecule has 23 heavy (non-hydrogen) atoms. The minimum atomic E-state index is -0.478. The number of nitrogens with zero attached hydrogens (tertiary/aromatic N) is 1. The highest BCUT2D eigenvalue weighted by atomic mass is 16.6. The van der Waals surface area contributed by atoms with Crippen LogP contribution >= 0.6 is 0 Å². The summed E-state index contributed by atoms with van der Waals surface area (Å²) < 4.78 is 5.28. The predicted molar refractivity (Wildman–Crippen MR) is 92.5 cm³/mol. The molecular formula is C18H29N3O2. The molecule has 5 heteroatoms. The van der Waals surface area contributed by atoms with Gasteiger partial charge in [0, 0.05) is 25.7 Å². The molecule has 1 amide bonds. The first kappa shape index (κ1) is 17.8. The van der Waals surface area contributed by atoms with E-state index >= 15 is 0 Å². The second kappa shape index (κ2) is 7.79. The number of carbonyl (C=O) groups excluding carboxylic acids is 1. The molecule has 2 rings (SSSR count). The van der Waals surface area contributed by atoms with Gasteiger partial charge < -0.3 is 15.8 Å². The van der Waals surface area contributed by atoms with E-state index in [-0.39, 0.29) is 12.1 Å². The average Bonchev–Trinajstić information content (AvgIpc) is 2.97. The van der Waals surface area contributed by atoms with Crippen molar-refractivity contribution >= 4 is 6.09 Å². The number of carbonyl (C=O) groups is 1. The lowest BCUT2D eigenvalue weighted by Gasteiger charge is -2.27. The fraction of sp³-hybridized carbons (Fsp3) is 0.611. The van der Waals surface area contributed by atoms with Crippen molar-refractivity contribution in [3.05, 3.63) is 35.9 Å². The first-order valence-electron chi connectivity index (χ1n) is 8.35. The SMILES string of the molecule is CC(C)(C)OC(=O)NCC(CN)N1CCC(c2ccccc2)C1. The van der Waals surface area contributed by atoms with Crippen LogP contribution in [0.4, 0.5) is 4.79 Å². The molecule has 1 aromatic carbocycles. The molecule has 1 fully saturated rings. The zero-order valence-electron chi connectivity index (χ0n) is 14.4. The van der Waals surface area contributed by atoms with Gasteiger partial charge in [0.15, 0.2) is 0 Å². The number of hydrogen-bond donors (Lipinski definition) is 2. The minimum absolute atomic E-state index is 0.149. The highest BCUT2D eigenvalue weighted by Crippen LogP contribution is 2.27. The number of nitrogens with two attached hydrogens (primary N) is 1. The van der Waals surface area contributed by atoms with Crippen molar-refractivity contribution in [1.82, 2.24) is 10.2 Å². The van der Waals surface area contributed by atoms with Gasteiger partial charge in [0.1, 0.15) is 5.60 Å². The predicted octanol–water partition coefficient (Wildman–Crippen LogP) is 2.33. The smallest absolute Gasteiger partial charge is 0.407 e. The van der Waals surface area contributed by atoms with Crippen molar-refractivity contribution in [1.29, 1.82) is 0 Å². The monoisotopic (exact) mass is 319 g/mol. The van der Waals surface area contributed by atoms with E-state index in [1.54, 1.807) is 0 Å². The normalized spacial score (nSPS) is 20.3. The molecule has 0 saturated carbocycles. The standard InChI is InChI=1S/C18H29N3O2/c1-18(2,3)23-17(22)20-12-16(11-19)21-10-9-15(13-21)14-7-5-4-6-8-14/h4-8,15-16H,9-13,19H2,1-3H3,(H,20,22). The van der Waals surface area contributed by atoms with Crippen LogP contribution in [0.25, 0.3) is 0 Å².